The van der Waals surface area contributed by atoms with Crippen LogP contribution in [-0.4, -0.2) is 38.7 Å². The molecular weight excluding hydrogens is 434 g/mol. The predicted molar refractivity (Wildman–Crippen MR) is 120 cm³/mol. The summed E-state index contributed by atoms with van der Waals surface area (Å²) in [5.41, 5.74) is 3.51. The third kappa shape index (κ3) is 4.99. The van der Waals surface area contributed by atoms with Crippen LogP contribution >= 0.6 is 23.4 Å². The van der Waals surface area contributed by atoms with Crippen molar-refractivity contribution in [2.45, 2.75) is 43.6 Å². The zero-order chi connectivity index (χ0) is 22.0. The number of hydrogen-bond acceptors (Lipinski definition) is 6. The zero-order valence-corrected chi connectivity index (χ0v) is 18.9. The fourth-order valence-corrected chi connectivity index (χ4v) is 4.76. The molecule has 0 spiro atoms. The number of nitrogens with zero attached hydrogens (tertiary/aromatic N) is 3. The number of imide groups is 1. The molecule has 160 valence electrons. The van der Waals surface area contributed by atoms with Crippen molar-refractivity contribution >= 4 is 35.2 Å². The van der Waals surface area contributed by atoms with Crippen molar-refractivity contribution < 1.29 is 14.0 Å². The first-order valence-electron chi connectivity index (χ1n) is 10.1. The number of benzene rings is 2. The molecule has 6 nitrogen and oxygen atoms in total. The van der Waals surface area contributed by atoms with Crippen LogP contribution in [0.15, 0.2) is 52.1 Å². The molecule has 0 unspecified atom stereocenters. The number of thioether (sulfide) groups is 1. The van der Waals surface area contributed by atoms with Gasteiger partial charge in [-0.25, -0.2) is 0 Å². The molecule has 0 N–H and O–H groups in total. The lowest BCUT2D eigenvalue weighted by molar-refractivity contribution is -0.127. The van der Waals surface area contributed by atoms with Crippen LogP contribution in [0.25, 0.3) is 11.5 Å². The quantitative estimate of drug-likeness (QED) is 0.495. The Morgan fingerprint density at radius 3 is 2.52 bits per heavy atom. The largest absolute Gasteiger partial charge is 0.411 e. The summed E-state index contributed by atoms with van der Waals surface area (Å²) >= 11 is 7.14. The number of aryl methyl sites for hydroxylation is 2. The van der Waals surface area contributed by atoms with Gasteiger partial charge in [0, 0.05) is 22.7 Å². The fraction of sp³-hybridized carbons (Fsp3) is 0.304. The molecule has 2 aromatic carbocycles. The van der Waals surface area contributed by atoms with Gasteiger partial charge >= 0.3 is 0 Å². The van der Waals surface area contributed by atoms with E-state index in [0.29, 0.717) is 34.7 Å². The van der Waals surface area contributed by atoms with Crippen LogP contribution in [0.4, 0.5) is 0 Å². The molecule has 2 amide bonds. The number of hydrogen-bond donors (Lipinski definition) is 0. The first-order chi connectivity index (χ1) is 14.9. The van der Waals surface area contributed by atoms with E-state index in [1.54, 1.807) is 24.3 Å². The van der Waals surface area contributed by atoms with Crippen LogP contribution in [0.3, 0.4) is 0 Å². The van der Waals surface area contributed by atoms with Crippen molar-refractivity contribution in [2.75, 3.05) is 6.54 Å². The number of halogens is 1. The molecule has 3 aromatic rings. The molecule has 0 saturated carbocycles. The molecule has 0 aliphatic carbocycles. The van der Waals surface area contributed by atoms with Gasteiger partial charge in [0.25, 0.3) is 11.1 Å². The van der Waals surface area contributed by atoms with Crippen molar-refractivity contribution in [3.63, 3.8) is 0 Å². The van der Waals surface area contributed by atoms with Crippen LogP contribution in [-0.2, 0) is 4.79 Å². The number of carbonyl (C=O) groups is 2. The lowest BCUT2D eigenvalue weighted by Crippen LogP contribution is -2.41. The standard InChI is InChI=1S/C23H22ClN3O3S/c1-14-11-15(2)13-17(12-14)20-25-26-23(30-20)31-19-5-3-4-10-27(22(19)29)21(28)16-6-8-18(24)9-7-16/h6-9,11-13,19H,3-5,10H2,1-2H3/t19-/m0/s1. The third-order valence-corrected chi connectivity index (χ3v) is 6.43. The van der Waals surface area contributed by atoms with Crippen LogP contribution < -0.4 is 0 Å². The maximum atomic E-state index is 13.2. The van der Waals surface area contributed by atoms with Gasteiger partial charge in [0.2, 0.25) is 11.8 Å². The predicted octanol–water partition coefficient (Wildman–Crippen LogP) is 5.32. The maximum absolute atomic E-state index is 13.2. The van der Waals surface area contributed by atoms with E-state index in [1.807, 2.05) is 26.0 Å². The minimum atomic E-state index is -0.453. The number of aromatic nitrogens is 2. The summed E-state index contributed by atoms with van der Waals surface area (Å²) in [5, 5.41) is 8.69. The summed E-state index contributed by atoms with van der Waals surface area (Å²) < 4.78 is 5.84. The molecule has 1 aliphatic rings. The highest BCUT2D eigenvalue weighted by Crippen LogP contribution is 2.32. The SMILES string of the molecule is Cc1cc(C)cc(-c2nnc(S[C@H]3CCCCN(C(=O)c4ccc(Cl)cc4)C3=O)o2)c1. The van der Waals surface area contributed by atoms with Gasteiger partial charge in [0.05, 0.1) is 5.25 Å². The van der Waals surface area contributed by atoms with Gasteiger partial charge in [-0.1, -0.05) is 47.0 Å². The van der Waals surface area contributed by atoms with Crippen molar-refractivity contribution in [3.8, 4) is 11.5 Å². The summed E-state index contributed by atoms with van der Waals surface area (Å²) in [7, 11) is 0. The molecule has 1 atom stereocenters. The Labute approximate surface area is 190 Å². The average molecular weight is 456 g/mol. The minimum Gasteiger partial charge on any atom is -0.411 e. The van der Waals surface area contributed by atoms with Crippen molar-refractivity contribution in [1.29, 1.82) is 0 Å². The van der Waals surface area contributed by atoms with Gasteiger partial charge < -0.3 is 4.42 Å². The molecule has 4 rings (SSSR count). The van der Waals surface area contributed by atoms with Crippen LogP contribution in [0.5, 0.6) is 0 Å². The molecule has 0 radical (unpaired) electrons. The van der Waals surface area contributed by atoms with E-state index in [1.165, 1.54) is 16.7 Å². The van der Waals surface area contributed by atoms with Gasteiger partial charge in [-0.3, -0.25) is 14.5 Å². The molecule has 31 heavy (non-hydrogen) atoms. The highest BCUT2D eigenvalue weighted by molar-refractivity contribution is 8.00. The van der Waals surface area contributed by atoms with E-state index in [-0.39, 0.29) is 11.8 Å². The summed E-state index contributed by atoms with van der Waals surface area (Å²) in [4.78, 5) is 27.4. The van der Waals surface area contributed by atoms with E-state index in [0.717, 1.165) is 29.5 Å². The molecule has 1 aromatic heterocycles. The third-order valence-electron chi connectivity index (χ3n) is 5.09. The summed E-state index contributed by atoms with van der Waals surface area (Å²) in [6, 6.07) is 12.6. The molecule has 1 fully saturated rings. The Bertz CT molecular complexity index is 1090. The Kier molecular flexibility index (Phi) is 6.43. The van der Waals surface area contributed by atoms with Gasteiger partial charge in [-0.2, -0.15) is 0 Å². The second-order valence-electron chi connectivity index (χ2n) is 7.65. The highest BCUT2D eigenvalue weighted by Gasteiger charge is 2.33. The van der Waals surface area contributed by atoms with Gasteiger partial charge in [0.15, 0.2) is 0 Å². The molecular formula is C23H22ClN3O3S. The van der Waals surface area contributed by atoms with Crippen molar-refractivity contribution in [1.82, 2.24) is 15.1 Å². The molecule has 0 bridgehead atoms. The van der Waals surface area contributed by atoms with Crippen molar-refractivity contribution in [3.05, 3.63) is 64.2 Å². The molecule has 2 heterocycles. The van der Waals surface area contributed by atoms with E-state index in [2.05, 4.69) is 16.3 Å². The smallest absolute Gasteiger partial charge is 0.277 e. The van der Waals surface area contributed by atoms with E-state index < -0.39 is 5.25 Å². The van der Waals surface area contributed by atoms with Gasteiger partial charge in [-0.05, 0) is 63.1 Å². The van der Waals surface area contributed by atoms with Gasteiger partial charge in [-0.15, -0.1) is 10.2 Å². The monoisotopic (exact) mass is 455 g/mol. The van der Waals surface area contributed by atoms with Crippen LogP contribution in [0, 0.1) is 13.8 Å². The average Bonchev–Trinajstić information content (AvgIpc) is 3.13. The normalized spacial score (nSPS) is 16.9. The van der Waals surface area contributed by atoms with Crippen LogP contribution in [0.2, 0.25) is 5.02 Å². The molecule has 1 aliphatic heterocycles. The first kappa shape index (κ1) is 21.6. The zero-order valence-electron chi connectivity index (χ0n) is 17.3. The van der Waals surface area contributed by atoms with E-state index in [9.17, 15) is 9.59 Å². The van der Waals surface area contributed by atoms with E-state index >= 15 is 0 Å². The fourth-order valence-electron chi connectivity index (χ4n) is 3.66. The number of carbonyl (C=O) groups excluding carboxylic acids is 2. The summed E-state index contributed by atoms with van der Waals surface area (Å²) in [6.07, 6.45) is 2.25. The van der Waals surface area contributed by atoms with Gasteiger partial charge in [0.1, 0.15) is 0 Å². The topological polar surface area (TPSA) is 76.3 Å². The Balaban J connectivity index is 1.51. The summed E-state index contributed by atoms with van der Waals surface area (Å²) in [6.45, 7) is 4.42. The number of rotatable bonds is 4. The minimum absolute atomic E-state index is 0.228. The first-order valence-corrected chi connectivity index (χ1v) is 11.4. The number of likely N-dealkylation sites (tertiary alicyclic amines) is 1. The van der Waals surface area contributed by atoms with Crippen LogP contribution in [0.1, 0.15) is 40.7 Å². The number of amides is 2. The lowest BCUT2D eigenvalue weighted by atomic mass is 10.1. The lowest BCUT2D eigenvalue weighted by Gasteiger charge is -2.21. The highest BCUT2D eigenvalue weighted by atomic mass is 35.5. The molecule has 1 saturated heterocycles. The second kappa shape index (κ2) is 9.24. The Morgan fingerprint density at radius 2 is 1.81 bits per heavy atom. The Hall–Kier alpha value is -2.64. The van der Waals surface area contributed by atoms with Crippen molar-refractivity contribution in [2.24, 2.45) is 0 Å². The molecule has 8 heteroatoms. The maximum Gasteiger partial charge on any atom is 0.277 e. The summed E-state index contributed by atoms with van der Waals surface area (Å²) in [5.74, 6) is -0.117. The van der Waals surface area contributed by atoms with E-state index in [4.69, 9.17) is 16.0 Å². The second-order valence-corrected chi connectivity index (χ2v) is 9.24. The Morgan fingerprint density at radius 1 is 1.10 bits per heavy atom.